The Morgan fingerprint density at radius 1 is 1.00 bits per heavy atom. The maximum absolute atomic E-state index is 6.26. The quantitative estimate of drug-likeness (QED) is 0.608. The van der Waals surface area contributed by atoms with Crippen LogP contribution in [0.3, 0.4) is 0 Å². The minimum Gasteiger partial charge on any atom is -0.497 e. The number of hydrogen-bond donors (Lipinski definition) is 0. The molecule has 106 valence electrons. The highest BCUT2D eigenvalue weighted by atomic mass is 35.5. The van der Waals surface area contributed by atoms with Crippen molar-refractivity contribution in [3.05, 3.63) is 58.9 Å². The standard InChI is InChI=1S/C18H16ClNO/c1-11-5-4-6-12(2)17(11)16-10-20-18(19)15-9-13(21-3)7-8-14(15)16/h4-10H,1-3H3. The van der Waals surface area contributed by atoms with Crippen LogP contribution in [0.25, 0.3) is 21.9 Å². The molecule has 0 bridgehead atoms. The number of benzene rings is 2. The molecule has 2 nitrogen and oxygen atoms in total. The Balaban J connectivity index is 2.37. The van der Waals surface area contributed by atoms with Crippen LogP contribution in [0.4, 0.5) is 0 Å². The molecule has 3 aromatic rings. The van der Waals surface area contributed by atoms with Gasteiger partial charge in [0.25, 0.3) is 0 Å². The van der Waals surface area contributed by atoms with Gasteiger partial charge < -0.3 is 4.74 Å². The van der Waals surface area contributed by atoms with Crippen molar-refractivity contribution in [2.45, 2.75) is 13.8 Å². The first-order chi connectivity index (χ1) is 10.1. The van der Waals surface area contributed by atoms with Crippen LogP contribution in [0.5, 0.6) is 5.75 Å². The Bertz CT molecular complexity index is 807. The van der Waals surface area contributed by atoms with E-state index in [9.17, 15) is 0 Å². The first-order valence-electron chi connectivity index (χ1n) is 6.80. The predicted octanol–water partition coefficient (Wildman–Crippen LogP) is 5.18. The van der Waals surface area contributed by atoms with E-state index in [4.69, 9.17) is 16.3 Å². The summed E-state index contributed by atoms with van der Waals surface area (Å²) in [4.78, 5) is 4.35. The number of hydrogen-bond acceptors (Lipinski definition) is 2. The first-order valence-corrected chi connectivity index (χ1v) is 7.18. The lowest BCUT2D eigenvalue weighted by molar-refractivity contribution is 0.415. The molecule has 1 aromatic heterocycles. The molecule has 0 N–H and O–H groups in total. The normalized spacial score (nSPS) is 10.9. The number of nitrogens with zero attached hydrogens (tertiary/aromatic N) is 1. The van der Waals surface area contributed by atoms with Gasteiger partial charge in [-0.25, -0.2) is 4.98 Å². The Kier molecular flexibility index (Phi) is 3.56. The van der Waals surface area contributed by atoms with Gasteiger partial charge in [-0.3, -0.25) is 0 Å². The van der Waals surface area contributed by atoms with Gasteiger partial charge in [0.1, 0.15) is 10.9 Å². The number of fused-ring (bicyclic) bond motifs is 1. The lowest BCUT2D eigenvalue weighted by atomic mass is 9.93. The summed E-state index contributed by atoms with van der Waals surface area (Å²) in [6.07, 6.45) is 1.85. The van der Waals surface area contributed by atoms with Crippen LogP contribution in [-0.4, -0.2) is 12.1 Å². The third-order valence-corrected chi connectivity index (χ3v) is 4.10. The van der Waals surface area contributed by atoms with E-state index >= 15 is 0 Å². The van der Waals surface area contributed by atoms with Crippen molar-refractivity contribution in [1.82, 2.24) is 4.98 Å². The van der Waals surface area contributed by atoms with Crippen LogP contribution in [0, 0.1) is 13.8 Å². The van der Waals surface area contributed by atoms with E-state index < -0.39 is 0 Å². The number of aromatic nitrogens is 1. The average molecular weight is 298 g/mol. The highest BCUT2D eigenvalue weighted by Crippen LogP contribution is 2.36. The molecule has 1 heterocycles. The predicted molar refractivity (Wildman–Crippen MR) is 88.2 cm³/mol. The van der Waals surface area contributed by atoms with E-state index in [2.05, 4.69) is 37.0 Å². The fraction of sp³-hybridized carbons (Fsp3) is 0.167. The molecule has 0 aliphatic heterocycles. The molecular weight excluding hydrogens is 282 g/mol. The van der Waals surface area contributed by atoms with E-state index in [1.807, 2.05) is 24.4 Å². The number of rotatable bonds is 2. The van der Waals surface area contributed by atoms with Gasteiger partial charge in [-0.1, -0.05) is 29.8 Å². The zero-order valence-corrected chi connectivity index (χ0v) is 13.0. The Labute approximate surface area is 129 Å². The molecule has 0 unspecified atom stereocenters. The van der Waals surface area contributed by atoms with Crippen molar-refractivity contribution in [3.8, 4) is 16.9 Å². The Hall–Kier alpha value is -2.06. The molecule has 0 spiro atoms. The molecule has 21 heavy (non-hydrogen) atoms. The molecule has 2 aromatic carbocycles. The summed E-state index contributed by atoms with van der Waals surface area (Å²) in [5.41, 5.74) is 4.79. The number of aryl methyl sites for hydroxylation is 2. The fourth-order valence-corrected chi connectivity index (χ4v) is 2.96. The summed E-state index contributed by atoms with van der Waals surface area (Å²) in [5.74, 6) is 0.782. The monoisotopic (exact) mass is 297 g/mol. The van der Waals surface area contributed by atoms with Gasteiger partial charge in [0, 0.05) is 17.1 Å². The van der Waals surface area contributed by atoms with Crippen LogP contribution in [0.15, 0.2) is 42.6 Å². The summed E-state index contributed by atoms with van der Waals surface area (Å²) in [5, 5.41) is 2.50. The summed E-state index contributed by atoms with van der Waals surface area (Å²) >= 11 is 6.26. The average Bonchev–Trinajstić information content (AvgIpc) is 2.49. The van der Waals surface area contributed by atoms with Crippen LogP contribution in [0.2, 0.25) is 5.15 Å². The van der Waals surface area contributed by atoms with Gasteiger partial charge in [0.05, 0.1) is 7.11 Å². The molecule has 0 aliphatic carbocycles. The second kappa shape index (κ2) is 5.38. The number of methoxy groups -OCH3 is 1. The number of ether oxygens (including phenoxy) is 1. The topological polar surface area (TPSA) is 22.1 Å². The second-order valence-electron chi connectivity index (χ2n) is 5.14. The second-order valence-corrected chi connectivity index (χ2v) is 5.50. The molecular formula is C18H16ClNO. The van der Waals surface area contributed by atoms with E-state index in [-0.39, 0.29) is 0 Å². The van der Waals surface area contributed by atoms with Crippen molar-refractivity contribution >= 4 is 22.4 Å². The maximum Gasteiger partial charge on any atom is 0.137 e. The van der Waals surface area contributed by atoms with Crippen LogP contribution in [0.1, 0.15) is 11.1 Å². The summed E-state index contributed by atoms with van der Waals surface area (Å²) in [6.45, 7) is 4.23. The van der Waals surface area contributed by atoms with Gasteiger partial charge in [0.15, 0.2) is 0 Å². The van der Waals surface area contributed by atoms with Crippen molar-refractivity contribution in [2.75, 3.05) is 7.11 Å². The third kappa shape index (κ3) is 2.36. The van der Waals surface area contributed by atoms with Crippen molar-refractivity contribution < 1.29 is 4.74 Å². The fourth-order valence-electron chi connectivity index (χ4n) is 2.75. The zero-order chi connectivity index (χ0) is 15.0. The third-order valence-electron chi connectivity index (χ3n) is 3.80. The van der Waals surface area contributed by atoms with E-state index in [1.165, 1.54) is 16.7 Å². The summed E-state index contributed by atoms with van der Waals surface area (Å²) < 4.78 is 5.28. The van der Waals surface area contributed by atoms with Crippen LogP contribution in [-0.2, 0) is 0 Å². The van der Waals surface area contributed by atoms with Gasteiger partial charge in [0.2, 0.25) is 0 Å². The lowest BCUT2D eigenvalue weighted by Crippen LogP contribution is -1.92. The SMILES string of the molecule is COc1ccc2c(-c3c(C)cccc3C)cnc(Cl)c2c1. The zero-order valence-electron chi connectivity index (χ0n) is 12.3. The van der Waals surface area contributed by atoms with Gasteiger partial charge >= 0.3 is 0 Å². The number of pyridine rings is 1. The van der Waals surface area contributed by atoms with Gasteiger partial charge in [-0.15, -0.1) is 0 Å². The van der Waals surface area contributed by atoms with E-state index in [1.54, 1.807) is 7.11 Å². The molecule has 0 fully saturated rings. The van der Waals surface area contributed by atoms with E-state index in [0.717, 1.165) is 22.1 Å². The summed E-state index contributed by atoms with van der Waals surface area (Å²) in [7, 11) is 1.65. The van der Waals surface area contributed by atoms with Gasteiger partial charge in [-0.2, -0.15) is 0 Å². The first kappa shape index (κ1) is 13.9. The minimum absolute atomic E-state index is 0.499. The Morgan fingerprint density at radius 3 is 2.38 bits per heavy atom. The highest BCUT2D eigenvalue weighted by molar-refractivity contribution is 6.34. The molecule has 3 heteroatoms. The van der Waals surface area contributed by atoms with E-state index in [0.29, 0.717) is 5.15 Å². The molecule has 3 rings (SSSR count). The summed E-state index contributed by atoms with van der Waals surface area (Å²) in [6, 6.07) is 12.2. The van der Waals surface area contributed by atoms with Crippen molar-refractivity contribution in [1.29, 1.82) is 0 Å². The molecule has 0 radical (unpaired) electrons. The molecule has 0 saturated carbocycles. The molecule has 0 atom stereocenters. The number of halogens is 1. The molecule has 0 amide bonds. The van der Waals surface area contributed by atoms with Crippen molar-refractivity contribution in [2.24, 2.45) is 0 Å². The largest absolute Gasteiger partial charge is 0.497 e. The highest BCUT2D eigenvalue weighted by Gasteiger charge is 2.12. The maximum atomic E-state index is 6.26. The van der Waals surface area contributed by atoms with Crippen LogP contribution >= 0.6 is 11.6 Å². The van der Waals surface area contributed by atoms with Gasteiger partial charge in [-0.05, 0) is 54.1 Å². The molecule has 0 aliphatic rings. The smallest absolute Gasteiger partial charge is 0.137 e. The van der Waals surface area contributed by atoms with Crippen LogP contribution < -0.4 is 4.74 Å². The lowest BCUT2D eigenvalue weighted by Gasteiger charge is -2.13. The van der Waals surface area contributed by atoms with Crippen molar-refractivity contribution in [3.63, 3.8) is 0 Å². The molecule has 0 saturated heterocycles. The minimum atomic E-state index is 0.499. The Morgan fingerprint density at radius 2 is 1.71 bits per heavy atom.